The average molecular weight is 384 g/mol. The molecule has 138 valence electrons. The summed E-state index contributed by atoms with van der Waals surface area (Å²) >= 11 is 6.00. The normalized spacial score (nSPS) is 14.1. The van der Waals surface area contributed by atoms with E-state index in [9.17, 15) is 4.79 Å². The Balaban J connectivity index is 1.36. The molecule has 1 saturated heterocycles. The number of likely N-dealkylation sites (tertiary alicyclic amines) is 1. The molecule has 0 radical (unpaired) electrons. The monoisotopic (exact) mass is 383 g/mol. The fraction of sp³-hybridized carbons (Fsp3) is 0.250. The zero-order valence-corrected chi connectivity index (χ0v) is 15.5. The SMILES string of the molecule is COc1cccc(CC(=O)N2CC(c3nc(-c4cccc(Cl)c4)no3)C2)c1. The molecule has 7 heteroatoms. The molecule has 0 aliphatic carbocycles. The summed E-state index contributed by atoms with van der Waals surface area (Å²) in [6, 6.07) is 14.9. The van der Waals surface area contributed by atoms with E-state index in [1.54, 1.807) is 24.1 Å². The molecule has 6 nitrogen and oxygen atoms in total. The van der Waals surface area contributed by atoms with E-state index in [0.717, 1.165) is 16.9 Å². The standard InChI is InChI=1S/C20H18ClN3O3/c1-26-17-7-2-4-13(8-17)9-18(25)24-11-15(12-24)20-22-19(23-27-20)14-5-3-6-16(21)10-14/h2-8,10,15H,9,11-12H2,1H3. The molecule has 2 heterocycles. The van der Waals surface area contributed by atoms with E-state index < -0.39 is 0 Å². The third kappa shape index (κ3) is 3.80. The summed E-state index contributed by atoms with van der Waals surface area (Å²) in [5, 5.41) is 4.65. The number of ether oxygens (including phenoxy) is 1. The van der Waals surface area contributed by atoms with Crippen LogP contribution in [0.1, 0.15) is 17.4 Å². The zero-order chi connectivity index (χ0) is 18.8. The van der Waals surface area contributed by atoms with Crippen molar-refractivity contribution in [2.24, 2.45) is 0 Å². The molecule has 4 rings (SSSR count). The molecule has 0 spiro atoms. The number of methoxy groups -OCH3 is 1. The summed E-state index contributed by atoms with van der Waals surface area (Å²) in [6.45, 7) is 1.17. The second-order valence-electron chi connectivity index (χ2n) is 6.49. The van der Waals surface area contributed by atoms with Crippen LogP contribution >= 0.6 is 11.6 Å². The molecule has 3 aromatic rings. The Morgan fingerprint density at radius 1 is 1.26 bits per heavy atom. The van der Waals surface area contributed by atoms with E-state index in [-0.39, 0.29) is 11.8 Å². The van der Waals surface area contributed by atoms with Crippen LogP contribution < -0.4 is 4.74 Å². The number of halogens is 1. The largest absolute Gasteiger partial charge is 0.497 e. The lowest BCUT2D eigenvalue weighted by atomic mass is 9.98. The number of aromatic nitrogens is 2. The van der Waals surface area contributed by atoms with Crippen LogP contribution in [-0.2, 0) is 11.2 Å². The van der Waals surface area contributed by atoms with Gasteiger partial charge in [0.25, 0.3) is 0 Å². The van der Waals surface area contributed by atoms with Crippen molar-refractivity contribution >= 4 is 17.5 Å². The number of rotatable bonds is 5. The molecular formula is C20H18ClN3O3. The average Bonchev–Trinajstić information content (AvgIpc) is 3.10. The summed E-state index contributed by atoms with van der Waals surface area (Å²) in [5.41, 5.74) is 1.74. The van der Waals surface area contributed by atoms with Crippen LogP contribution in [0.25, 0.3) is 11.4 Å². The Hall–Kier alpha value is -2.86. The van der Waals surface area contributed by atoms with Crippen LogP contribution in [0, 0.1) is 0 Å². The molecule has 1 amide bonds. The number of nitrogens with zero attached hydrogens (tertiary/aromatic N) is 3. The quantitative estimate of drug-likeness (QED) is 0.673. The summed E-state index contributed by atoms with van der Waals surface area (Å²) in [7, 11) is 1.61. The fourth-order valence-corrected chi connectivity index (χ4v) is 3.24. The van der Waals surface area contributed by atoms with E-state index in [0.29, 0.717) is 36.2 Å². The first-order valence-corrected chi connectivity index (χ1v) is 9.00. The maximum Gasteiger partial charge on any atom is 0.233 e. The van der Waals surface area contributed by atoms with E-state index in [1.165, 1.54) is 0 Å². The molecule has 0 atom stereocenters. The molecule has 27 heavy (non-hydrogen) atoms. The molecule has 1 fully saturated rings. The van der Waals surface area contributed by atoms with Crippen LogP contribution in [0.2, 0.25) is 5.02 Å². The highest BCUT2D eigenvalue weighted by atomic mass is 35.5. The minimum Gasteiger partial charge on any atom is -0.497 e. The van der Waals surface area contributed by atoms with E-state index in [1.807, 2.05) is 36.4 Å². The molecule has 0 saturated carbocycles. The first-order chi connectivity index (χ1) is 13.1. The van der Waals surface area contributed by atoms with Crippen LogP contribution in [0.4, 0.5) is 0 Å². The Labute approximate surface area is 161 Å². The predicted molar refractivity (Wildman–Crippen MR) is 101 cm³/mol. The van der Waals surface area contributed by atoms with Crippen LogP contribution in [-0.4, -0.2) is 41.1 Å². The number of hydrogen-bond acceptors (Lipinski definition) is 5. The van der Waals surface area contributed by atoms with Crippen molar-refractivity contribution in [1.82, 2.24) is 15.0 Å². The Morgan fingerprint density at radius 3 is 2.85 bits per heavy atom. The predicted octanol–water partition coefficient (Wildman–Crippen LogP) is 3.57. The topological polar surface area (TPSA) is 68.5 Å². The summed E-state index contributed by atoms with van der Waals surface area (Å²) < 4.78 is 10.6. The van der Waals surface area contributed by atoms with Gasteiger partial charge < -0.3 is 14.2 Å². The number of carbonyl (C=O) groups is 1. The second-order valence-corrected chi connectivity index (χ2v) is 6.93. The van der Waals surface area contributed by atoms with Crippen molar-refractivity contribution in [3.8, 4) is 17.1 Å². The zero-order valence-electron chi connectivity index (χ0n) is 14.8. The van der Waals surface area contributed by atoms with Crippen LogP contribution in [0.15, 0.2) is 53.1 Å². The summed E-state index contributed by atoms with van der Waals surface area (Å²) in [6.07, 6.45) is 0.349. The highest BCUT2D eigenvalue weighted by Crippen LogP contribution is 2.29. The van der Waals surface area contributed by atoms with Crippen LogP contribution in [0.5, 0.6) is 5.75 Å². The van der Waals surface area contributed by atoms with E-state index in [2.05, 4.69) is 10.1 Å². The van der Waals surface area contributed by atoms with Gasteiger partial charge in [-0.15, -0.1) is 0 Å². The smallest absolute Gasteiger partial charge is 0.233 e. The van der Waals surface area contributed by atoms with Gasteiger partial charge in [-0.25, -0.2) is 0 Å². The van der Waals surface area contributed by atoms with Gasteiger partial charge in [0, 0.05) is 23.7 Å². The van der Waals surface area contributed by atoms with Gasteiger partial charge in [0.15, 0.2) is 0 Å². The number of carbonyl (C=O) groups excluding carboxylic acids is 1. The second kappa shape index (κ2) is 7.40. The first-order valence-electron chi connectivity index (χ1n) is 8.62. The molecular weight excluding hydrogens is 366 g/mol. The Kier molecular flexibility index (Phi) is 4.81. The molecule has 0 N–H and O–H groups in total. The van der Waals surface area contributed by atoms with Gasteiger partial charge in [-0.3, -0.25) is 4.79 Å². The van der Waals surface area contributed by atoms with Gasteiger partial charge >= 0.3 is 0 Å². The van der Waals surface area contributed by atoms with Crippen molar-refractivity contribution < 1.29 is 14.1 Å². The fourth-order valence-electron chi connectivity index (χ4n) is 3.05. The third-order valence-corrected chi connectivity index (χ3v) is 4.83. The van der Waals surface area contributed by atoms with Crippen molar-refractivity contribution in [2.45, 2.75) is 12.3 Å². The van der Waals surface area contributed by atoms with Gasteiger partial charge in [0.2, 0.25) is 17.6 Å². The van der Waals surface area contributed by atoms with Gasteiger partial charge in [-0.2, -0.15) is 4.98 Å². The van der Waals surface area contributed by atoms with Crippen LogP contribution in [0.3, 0.4) is 0 Å². The Morgan fingerprint density at radius 2 is 2.07 bits per heavy atom. The minimum atomic E-state index is 0.0692. The molecule has 1 aromatic heterocycles. The summed E-state index contributed by atoms with van der Waals surface area (Å²) in [4.78, 5) is 18.7. The van der Waals surface area contributed by atoms with Crippen molar-refractivity contribution in [3.63, 3.8) is 0 Å². The minimum absolute atomic E-state index is 0.0692. The maximum absolute atomic E-state index is 12.4. The molecule has 0 unspecified atom stereocenters. The highest BCUT2D eigenvalue weighted by molar-refractivity contribution is 6.30. The Bertz CT molecular complexity index is 966. The lowest BCUT2D eigenvalue weighted by Gasteiger charge is -2.37. The number of benzene rings is 2. The summed E-state index contributed by atoms with van der Waals surface area (Å²) in [5.74, 6) is 1.96. The number of hydrogen-bond donors (Lipinski definition) is 0. The van der Waals surface area contributed by atoms with Gasteiger partial charge in [0.05, 0.1) is 19.4 Å². The maximum atomic E-state index is 12.4. The lowest BCUT2D eigenvalue weighted by Crippen LogP contribution is -2.49. The molecule has 1 aliphatic heterocycles. The van der Waals surface area contributed by atoms with Gasteiger partial charge in [0.1, 0.15) is 5.75 Å². The highest BCUT2D eigenvalue weighted by Gasteiger charge is 2.35. The van der Waals surface area contributed by atoms with E-state index >= 15 is 0 Å². The lowest BCUT2D eigenvalue weighted by molar-refractivity contribution is -0.135. The molecule has 1 aliphatic rings. The van der Waals surface area contributed by atoms with Gasteiger partial charge in [-0.05, 0) is 29.8 Å². The van der Waals surface area contributed by atoms with Gasteiger partial charge in [-0.1, -0.05) is 41.0 Å². The van der Waals surface area contributed by atoms with E-state index in [4.69, 9.17) is 20.9 Å². The molecule has 2 aromatic carbocycles. The number of amides is 1. The van der Waals surface area contributed by atoms with Crippen molar-refractivity contribution in [1.29, 1.82) is 0 Å². The van der Waals surface area contributed by atoms with Crippen molar-refractivity contribution in [3.05, 3.63) is 65.0 Å². The first kappa shape index (κ1) is 17.5. The van der Waals surface area contributed by atoms with Crippen molar-refractivity contribution in [2.75, 3.05) is 20.2 Å². The molecule has 0 bridgehead atoms. The third-order valence-electron chi connectivity index (χ3n) is 4.60.